The summed E-state index contributed by atoms with van der Waals surface area (Å²) in [4.78, 5) is 7.37. The molecule has 1 heterocycles. The molecule has 1 aromatic rings. The lowest BCUT2D eigenvalue weighted by atomic mass is 10.3. The molecule has 6 heteroatoms. The van der Waals surface area contributed by atoms with Crippen LogP contribution in [-0.4, -0.2) is 37.2 Å². The summed E-state index contributed by atoms with van der Waals surface area (Å²) >= 11 is 4.95. The van der Waals surface area contributed by atoms with Gasteiger partial charge in [0.25, 0.3) is 0 Å². The number of nitrogens with two attached hydrogens (primary N) is 1. The normalized spacial score (nSPS) is 15.6. The largest absolute Gasteiger partial charge is 0.393 e. The minimum absolute atomic E-state index is 0.346. The number of rotatable bonds is 7. The van der Waals surface area contributed by atoms with E-state index in [0.717, 1.165) is 25.3 Å². The van der Waals surface area contributed by atoms with E-state index in [1.54, 1.807) is 6.33 Å². The van der Waals surface area contributed by atoms with Crippen molar-refractivity contribution in [3.05, 3.63) is 12.2 Å². The van der Waals surface area contributed by atoms with Crippen molar-refractivity contribution in [3.63, 3.8) is 0 Å². The van der Waals surface area contributed by atoms with Gasteiger partial charge in [0.15, 0.2) is 0 Å². The minimum Gasteiger partial charge on any atom is -0.393 e. The quantitative estimate of drug-likeness (QED) is 0.759. The van der Waals surface area contributed by atoms with Crippen LogP contribution in [0.5, 0.6) is 0 Å². The molecule has 1 aromatic heterocycles. The molecule has 5 nitrogen and oxygen atoms in total. The van der Waals surface area contributed by atoms with Gasteiger partial charge in [-0.2, -0.15) is 5.10 Å². The Hall–Kier alpha value is -1.01. The van der Waals surface area contributed by atoms with E-state index in [9.17, 15) is 0 Å². The highest BCUT2D eigenvalue weighted by molar-refractivity contribution is 7.80. The zero-order valence-electron chi connectivity index (χ0n) is 11.0. The second-order valence-corrected chi connectivity index (χ2v) is 5.66. The zero-order chi connectivity index (χ0) is 13.1. The van der Waals surface area contributed by atoms with Crippen LogP contribution in [0.3, 0.4) is 0 Å². The van der Waals surface area contributed by atoms with Crippen molar-refractivity contribution in [2.45, 2.75) is 51.7 Å². The smallest absolute Gasteiger partial charge is 0.141 e. The Morgan fingerprint density at radius 3 is 2.89 bits per heavy atom. The highest BCUT2D eigenvalue weighted by atomic mass is 32.1. The van der Waals surface area contributed by atoms with Gasteiger partial charge in [-0.3, -0.25) is 4.90 Å². The summed E-state index contributed by atoms with van der Waals surface area (Å²) in [6.45, 7) is 6.00. The molecule has 0 saturated heterocycles. The second-order valence-electron chi connectivity index (χ2n) is 5.13. The maximum atomic E-state index is 5.58. The number of hydrogen-bond donors (Lipinski definition) is 1. The molecule has 18 heavy (non-hydrogen) atoms. The SMILES string of the molecule is CC(C)n1ncnc1CN(CCC(N)=S)C1CC1. The summed E-state index contributed by atoms with van der Waals surface area (Å²) in [5, 5.41) is 4.27. The average Bonchev–Trinajstić information content (AvgIpc) is 3.03. The summed E-state index contributed by atoms with van der Waals surface area (Å²) in [6, 6.07) is 1.02. The fourth-order valence-corrected chi connectivity index (χ4v) is 2.18. The molecule has 2 rings (SSSR count). The average molecular weight is 267 g/mol. The number of nitrogens with zero attached hydrogens (tertiary/aromatic N) is 4. The van der Waals surface area contributed by atoms with Gasteiger partial charge >= 0.3 is 0 Å². The third-order valence-corrected chi connectivity index (χ3v) is 3.39. The van der Waals surface area contributed by atoms with Crippen molar-refractivity contribution < 1.29 is 0 Å². The zero-order valence-corrected chi connectivity index (χ0v) is 11.9. The first-order valence-corrected chi connectivity index (χ1v) is 6.89. The fraction of sp³-hybridized carbons (Fsp3) is 0.750. The van der Waals surface area contributed by atoms with E-state index in [-0.39, 0.29) is 0 Å². The number of aromatic nitrogens is 3. The lowest BCUT2D eigenvalue weighted by Crippen LogP contribution is -2.30. The lowest BCUT2D eigenvalue weighted by Gasteiger charge is -2.22. The highest BCUT2D eigenvalue weighted by Gasteiger charge is 2.29. The molecule has 0 aromatic carbocycles. The first kappa shape index (κ1) is 13.4. The molecule has 2 N–H and O–H groups in total. The summed E-state index contributed by atoms with van der Waals surface area (Å²) in [6.07, 6.45) is 4.95. The van der Waals surface area contributed by atoms with Crippen molar-refractivity contribution in [1.82, 2.24) is 19.7 Å². The number of hydrogen-bond acceptors (Lipinski definition) is 4. The van der Waals surface area contributed by atoms with Gasteiger partial charge in [-0.25, -0.2) is 9.67 Å². The molecular weight excluding hydrogens is 246 g/mol. The van der Waals surface area contributed by atoms with E-state index < -0.39 is 0 Å². The predicted octanol–water partition coefficient (Wildman–Crippen LogP) is 1.50. The minimum atomic E-state index is 0.346. The van der Waals surface area contributed by atoms with Gasteiger partial charge in [-0.15, -0.1) is 0 Å². The molecule has 1 aliphatic rings. The van der Waals surface area contributed by atoms with E-state index in [0.29, 0.717) is 17.1 Å². The van der Waals surface area contributed by atoms with Crippen LogP contribution in [-0.2, 0) is 6.54 Å². The van der Waals surface area contributed by atoms with Gasteiger partial charge in [0.1, 0.15) is 12.2 Å². The first-order valence-electron chi connectivity index (χ1n) is 6.48. The molecule has 1 fully saturated rings. The molecule has 0 spiro atoms. The van der Waals surface area contributed by atoms with Crippen LogP contribution >= 0.6 is 12.2 Å². The van der Waals surface area contributed by atoms with E-state index in [1.165, 1.54) is 12.8 Å². The van der Waals surface area contributed by atoms with Crippen molar-refractivity contribution in [2.75, 3.05) is 6.54 Å². The summed E-state index contributed by atoms with van der Waals surface area (Å²) in [5.41, 5.74) is 5.58. The molecule has 0 atom stereocenters. The first-order chi connectivity index (χ1) is 8.58. The van der Waals surface area contributed by atoms with Gasteiger partial charge in [0.2, 0.25) is 0 Å². The summed E-state index contributed by atoms with van der Waals surface area (Å²) in [7, 11) is 0. The van der Waals surface area contributed by atoms with Crippen LogP contribution in [0.2, 0.25) is 0 Å². The van der Waals surface area contributed by atoms with Crippen molar-refractivity contribution >= 4 is 17.2 Å². The van der Waals surface area contributed by atoms with Crippen LogP contribution in [0.1, 0.15) is 45.0 Å². The molecule has 0 amide bonds. The van der Waals surface area contributed by atoms with Gasteiger partial charge in [-0.1, -0.05) is 12.2 Å². The Bertz CT molecular complexity index is 410. The monoisotopic (exact) mass is 267 g/mol. The Kier molecular flexibility index (Phi) is 4.29. The van der Waals surface area contributed by atoms with E-state index in [2.05, 4.69) is 28.8 Å². The predicted molar refractivity (Wildman–Crippen MR) is 75.2 cm³/mol. The third-order valence-electron chi connectivity index (χ3n) is 3.19. The third kappa shape index (κ3) is 3.49. The van der Waals surface area contributed by atoms with Crippen molar-refractivity contribution in [1.29, 1.82) is 0 Å². The fourth-order valence-electron chi connectivity index (χ4n) is 2.08. The Morgan fingerprint density at radius 2 is 2.33 bits per heavy atom. The standard InChI is InChI=1S/C12H21N5S/c1-9(2)17-12(14-8-15-17)7-16(10-3-4-10)6-5-11(13)18/h8-10H,3-7H2,1-2H3,(H2,13,18). The van der Waals surface area contributed by atoms with Gasteiger partial charge in [-0.05, 0) is 26.7 Å². The Balaban J connectivity index is 1.99. The van der Waals surface area contributed by atoms with Crippen LogP contribution in [0.25, 0.3) is 0 Å². The highest BCUT2D eigenvalue weighted by Crippen LogP contribution is 2.28. The lowest BCUT2D eigenvalue weighted by molar-refractivity contribution is 0.248. The van der Waals surface area contributed by atoms with Crippen LogP contribution < -0.4 is 5.73 Å². The number of thiocarbonyl (C=S) groups is 1. The molecule has 1 saturated carbocycles. The Morgan fingerprint density at radius 1 is 1.61 bits per heavy atom. The molecule has 100 valence electrons. The van der Waals surface area contributed by atoms with Crippen molar-refractivity contribution in [3.8, 4) is 0 Å². The van der Waals surface area contributed by atoms with Gasteiger partial charge in [0.05, 0.1) is 11.5 Å². The topological polar surface area (TPSA) is 60.0 Å². The van der Waals surface area contributed by atoms with E-state index >= 15 is 0 Å². The van der Waals surface area contributed by atoms with Crippen molar-refractivity contribution in [2.24, 2.45) is 5.73 Å². The van der Waals surface area contributed by atoms with Gasteiger partial charge in [0, 0.05) is 25.0 Å². The summed E-state index contributed by atoms with van der Waals surface area (Å²) < 4.78 is 1.98. The molecule has 1 aliphatic carbocycles. The molecule has 0 aliphatic heterocycles. The van der Waals surface area contributed by atoms with Crippen LogP contribution in [0, 0.1) is 0 Å². The van der Waals surface area contributed by atoms with E-state index in [4.69, 9.17) is 18.0 Å². The molecule has 0 radical (unpaired) electrons. The maximum absolute atomic E-state index is 5.58. The van der Waals surface area contributed by atoms with Crippen LogP contribution in [0.4, 0.5) is 0 Å². The van der Waals surface area contributed by atoms with Gasteiger partial charge < -0.3 is 5.73 Å². The molecular formula is C12H21N5S. The summed E-state index contributed by atoms with van der Waals surface area (Å²) in [5.74, 6) is 1.03. The Labute approximate surface area is 113 Å². The van der Waals surface area contributed by atoms with E-state index in [1.807, 2.05) is 4.68 Å². The molecule has 0 unspecified atom stereocenters. The maximum Gasteiger partial charge on any atom is 0.141 e. The molecule has 0 bridgehead atoms. The second kappa shape index (κ2) is 5.75. The van der Waals surface area contributed by atoms with Crippen LogP contribution in [0.15, 0.2) is 6.33 Å².